The third-order valence-corrected chi connectivity index (χ3v) is 3.55. The number of fused-ring (bicyclic) bond motifs is 1. The molecule has 22 heavy (non-hydrogen) atoms. The lowest BCUT2D eigenvalue weighted by Gasteiger charge is -2.10. The first-order valence-electron chi connectivity index (χ1n) is 7.44. The van der Waals surface area contributed by atoms with Gasteiger partial charge in [-0.25, -0.2) is 0 Å². The summed E-state index contributed by atoms with van der Waals surface area (Å²) < 4.78 is 10.9. The van der Waals surface area contributed by atoms with Gasteiger partial charge in [0.15, 0.2) is 0 Å². The molecular weight excluding hydrogens is 278 g/mol. The van der Waals surface area contributed by atoms with Crippen LogP contribution in [0, 0.1) is 12.8 Å². The number of methoxy groups -OCH3 is 1. The fourth-order valence-electron chi connectivity index (χ4n) is 2.29. The lowest BCUT2D eigenvalue weighted by Crippen LogP contribution is -2.25. The summed E-state index contributed by atoms with van der Waals surface area (Å²) in [6.45, 7) is 8.70. The fraction of sp³-hybridized carbons (Fsp3) is 0.389. The first-order chi connectivity index (χ1) is 10.4. The maximum Gasteiger partial charge on any atom is 0.244 e. The highest BCUT2D eigenvalue weighted by atomic mass is 16.5. The predicted octanol–water partition coefficient (Wildman–Crippen LogP) is 3.93. The number of hydrogen-bond acceptors (Lipinski definition) is 3. The average Bonchev–Trinajstić information content (AvgIpc) is 2.84. The number of furan rings is 1. The lowest BCUT2D eigenvalue weighted by molar-refractivity contribution is -0.116. The van der Waals surface area contributed by atoms with Crippen molar-refractivity contribution in [1.29, 1.82) is 0 Å². The Morgan fingerprint density at radius 1 is 1.41 bits per heavy atom. The van der Waals surface area contributed by atoms with Crippen molar-refractivity contribution in [1.82, 2.24) is 5.32 Å². The molecule has 118 valence electrons. The SMILES string of the molecule is COc1cc2occ(C)c2cc1/C(C)=C/C(=O)NCC(C)C. The molecule has 4 nitrogen and oxygen atoms in total. The number of carbonyl (C=O) groups is 1. The Kier molecular flexibility index (Phi) is 4.91. The van der Waals surface area contributed by atoms with Gasteiger partial charge in [-0.1, -0.05) is 13.8 Å². The second-order valence-electron chi connectivity index (χ2n) is 5.93. The standard InChI is InChI=1S/C18H23NO3/c1-11(2)9-19-18(20)6-12(3)14-7-15-13(4)10-22-17(15)8-16(14)21-5/h6-8,10-11H,9H2,1-5H3,(H,19,20)/b12-6+. The number of ether oxygens (including phenoxy) is 1. The van der Waals surface area contributed by atoms with E-state index in [9.17, 15) is 4.79 Å². The van der Waals surface area contributed by atoms with Gasteiger partial charge in [0, 0.05) is 29.6 Å². The van der Waals surface area contributed by atoms with Crippen molar-refractivity contribution in [2.45, 2.75) is 27.7 Å². The van der Waals surface area contributed by atoms with Crippen LogP contribution in [0.5, 0.6) is 5.75 Å². The number of rotatable bonds is 5. The molecule has 2 aromatic rings. The second-order valence-corrected chi connectivity index (χ2v) is 5.93. The lowest BCUT2D eigenvalue weighted by atomic mass is 10.0. The van der Waals surface area contributed by atoms with Crippen LogP contribution in [0.15, 0.2) is 28.9 Å². The van der Waals surface area contributed by atoms with Crippen molar-refractivity contribution >= 4 is 22.4 Å². The molecule has 1 aromatic heterocycles. The molecule has 1 heterocycles. The van der Waals surface area contributed by atoms with E-state index >= 15 is 0 Å². The minimum absolute atomic E-state index is 0.0859. The highest BCUT2D eigenvalue weighted by Gasteiger charge is 2.12. The number of aryl methyl sites for hydroxylation is 1. The molecule has 0 radical (unpaired) electrons. The summed E-state index contributed by atoms with van der Waals surface area (Å²) >= 11 is 0. The van der Waals surface area contributed by atoms with Gasteiger partial charge in [0.05, 0.1) is 13.4 Å². The van der Waals surface area contributed by atoms with E-state index < -0.39 is 0 Å². The number of carbonyl (C=O) groups excluding carboxylic acids is 1. The molecule has 0 bridgehead atoms. The quantitative estimate of drug-likeness (QED) is 0.851. The minimum atomic E-state index is -0.0859. The molecular formula is C18H23NO3. The summed E-state index contributed by atoms with van der Waals surface area (Å²) in [5.74, 6) is 1.04. The largest absolute Gasteiger partial charge is 0.496 e. The monoisotopic (exact) mass is 301 g/mol. The zero-order valence-corrected chi connectivity index (χ0v) is 13.8. The van der Waals surface area contributed by atoms with Gasteiger partial charge in [-0.15, -0.1) is 0 Å². The van der Waals surface area contributed by atoms with Crippen molar-refractivity contribution in [3.63, 3.8) is 0 Å². The molecule has 4 heteroatoms. The normalized spacial score (nSPS) is 12.0. The summed E-state index contributed by atoms with van der Waals surface area (Å²) in [7, 11) is 1.62. The van der Waals surface area contributed by atoms with E-state index in [2.05, 4.69) is 19.2 Å². The van der Waals surface area contributed by atoms with E-state index in [1.807, 2.05) is 26.0 Å². The highest BCUT2D eigenvalue weighted by molar-refractivity contribution is 5.97. The molecule has 0 spiro atoms. The molecule has 2 rings (SSSR count). The zero-order chi connectivity index (χ0) is 16.3. The van der Waals surface area contributed by atoms with E-state index in [-0.39, 0.29) is 5.91 Å². The van der Waals surface area contributed by atoms with E-state index in [1.54, 1.807) is 19.4 Å². The van der Waals surface area contributed by atoms with E-state index in [1.165, 1.54) is 0 Å². The molecule has 0 aliphatic carbocycles. The Balaban J connectivity index is 2.35. The predicted molar refractivity (Wildman–Crippen MR) is 89.0 cm³/mol. The molecule has 1 N–H and O–H groups in total. The maximum absolute atomic E-state index is 12.0. The van der Waals surface area contributed by atoms with Crippen LogP contribution in [0.3, 0.4) is 0 Å². The summed E-state index contributed by atoms with van der Waals surface area (Å²) in [6, 6.07) is 3.87. The third-order valence-electron chi connectivity index (χ3n) is 3.55. The van der Waals surface area contributed by atoms with Gasteiger partial charge >= 0.3 is 0 Å². The second kappa shape index (κ2) is 6.69. The smallest absolute Gasteiger partial charge is 0.244 e. The average molecular weight is 301 g/mol. The molecule has 0 aliphatic heterocycles. The van der Waals surface area contributed by atoms with Gasteiger partial charge in [-0.05, 0) is 37.0 Å². The van der Waals surface area contributed by atoms with Gasteiger partial charge in [0.1, 0.15) is 11.3 Å². The summed E-state index contributed by atoms with van der Waals surface area (Å²) in [5.41, 5.74) is 3.62. The molecule has 0 unspecified atom stereocenters. The third kappa shape index (κ3) is 3.50. The van der Waals surface area contributed by atoms with Gasteiger partial charge in [0.2, 0.25) is 5.91 Å². The van der Waals surface area contributed by atoms with Gasteiger partial charge in [-0.2, -0.15) is 0 Å². The van der Waals surface area contributed by atoms with Gasteiger partial charge < -0.3 is 14.5 Å². The molecule has 0 aliphatic rings. The Hall–Kier alpha value is -2.23. The van der Waals surface area contributed by atoms with Crippen molar-refractivity contribution in [2.75, 3.05) is 13.7 Å². The Morgan fingerprint density at radius 3 is 2.77 bits per heavy atom. The molecule has 0 atom stereocenters. The molecule has 1 amide bonds. The van der Waals surface area contributed by atoms with Crippen molar-refractivity contribution in [2.24, 2.45) is 5.92 Å². The van der Waals surface area contributed by atoms with E-state index in [0.29, 0.717) is 18.2 Å². The van der Waals surface area contributed by atoms with Crippen LogP contribution in [0.1, 0.15) is 31.9 Å². The van der Waals surface area contributed by atoms with Crippen molar-refractivity contribution in [3.05, 3.63) is 35.6 Å². The molecule has 0 fully saturated rings. The van der Waals surface area contributed by atoms with Gasteiger partial charge in [0.25, 0.3) is 0 Å². The Labute approximate surface area is 131 Å². The molecule has 1 aromatic carbocycles. The minimum Gasteiger partial charge on any atom is -0.496 e. The Morgan fingerprint density at radius 2 is 2.14 bits per heavy atom. The number of hydrogen-bond donors (Lipinski definition) is 1. The van der Waals surface area contributed by atoms with Crippen LogP contribution < -0.4 is 10.1 Å². The Bertz CT molecular complexity index is 710. The molecule has 0 saturated heterocycles. The van der Waals surface area contributed by atoms with Crippen LogP contribution in [-0.4, -0.2) is 19.6 Å². The highest BCUT2D eigenvalue weighted by Crippen LogP contribution is 2.33. The van der Waals surface area contributed by atoms with Crippen LogP contribution in [-0.2, 0) is 4.79 Å². The summed E-state index contributed by atoms with van der Waals surface area (Å²) in [4.78, 5) is 12.0. The number of nitrogens with one attached hydrogen (secondary N) is 1. The van der Waals surface area contributed by atoms with Crippen LogP contribution >= 0.6 is 0 Å². The summed E-state index contributed by atoms with van der Waals surface area (Å²) in [5, 5.41) is 3.92. The van der Waals surface area contributed by atoms with Crippen molar-refractivity contribution in [3.8, 4) is 5.75 Å². The first kappa shape index (κ1) is 16.1. The van der Waals surface area contributed by atoms with E-state index in [4.69, 9.17) is 9.15 Å². The van der Waals surface area contributed by atoms with Gasteiger partial charge in [-0.3, -0.25) is 4.79 Å². The zero-order valence-electron chi connectivity index (χ0n) is 13.8. The number of benzene rings is 1. The van der Waals surface area contributed by atoms with E-state index in [0.717, 1.165) is 27.7 Å². The number of amides is 1. The topological polar surface area (TPSA) is 51.5 Å². The summed E-state index contributed by atoms with van der Waals surface area (Å²) in [6.07, 6.45) is 3.34. The first-order valence-corrected chi connectivity index (χ1v) is 7.44. The van der Waals surface area contributed by atoms with Crippen molar-refractivity contribution < 1.29 is 13.9 Å². The molecule has 0 saturated carbocycles. The number of allylic oxidation sites excluding steroid dienone is 1. The fourth-order valence-corrected chi connectivity index (χ4v) is 2.29. The van der Waals surface area contributed by atoms with Crippen LogP contribution in [0.25, 0.3) is 16.5 Å². The maximum atomic E-state index is 12.0. The van der Waals surface area contributed by atoms with Crippen LogP contribution in [0.4, 0.5) is 0 Å². The van der Waals surface area contributed by atoms with Crippen LogP contribution in [0.2, 0.25) is 0 Å².